The summed E-state index contributed by atoms with van der Waals surface area (Å²) in [6, 6.07) is 9.16. The summed E-state index contributed by atoms with van der Waals surface area (Å²) >= 11 is 6.32. The molecule has 0 radical (unpaired) electrons. The molecule has 2 atom stereocenters. The Morgan fingerprint density at radius 1 is 1.34 bits per heavy atom. The van der Waals surface area contributed by atoms with Crippen LogP contribution in [0.5, 0.6) is 5.75 Å². The van der Waals surface area contributed by atoms with E-state index >= 15 is 0 Å². The van der Waals surface area contributed by atoms with Crippen molar-refractivity contribution >= 4 is 29.4 Å². The molecule has 0 aromatic heterocycles. The third-order valence-corrected chi connectivity index (χ3v) is 5.01. The largest absolute Gasteiger partial charge is 0.495 e. The summed E-state index contributed by atoms with van der Waals surface area (Å²) in [5, 5.41) is 12.2. The van der Waals surface area contributed by atoms with Crippen molar-refractivity contribution in [1.82, 2.24) is 5.32 Å². The van der Waals surface area contributed by atoms with E-state index in [0.29, 0.717) is 12.0 Å². The highest BCUT2D eigenvalue weighted by Crippen LogP contribution is 2.37. The number of nitrogens with one attached hydrogen (secondary N) is 1. The van der Waals surface area contributed by atoms with E-state index in [2.05, 4.69) is 5.32 Å². The van der Waals surface area contributed by atoms with Gasteiger partial charge in [0, 0.05) is 17.9 Å². The quantitative estimate of drug-likeness (QED) is 0.701. The average molecular weight is 418 g/mol. The SMILES string of the molecule is COc1c(C(=O)NC(Cc2ccccc2)C(=O)O)cc(Cl)c2c1C(=O)O[C@H](C)C2. The van der Waals surface area contributed by atoms with Crippen LogP contribution in [0.25, 0.3) is 0 Å². The highest BCUT2D eigenvalue weighted by atomic mass is 35.5. The number of carboxylic acid groups (broad SMARTS) is 1. The molecule has 0 aliphatic carbocycles. The van der Waals surface area contributed by atoms with Gasteiger partial charge in [-0.3, -0.25) is 4.79 Å². The minimum atomic E-state index is -1.18. The van der Waals surface area contributed by atoms with Gasteiger partial charge in [0.1, 0.15) is 23.5 Å². The zero-order valence-electron chi connectivity index (χ0n) is 15.9. The van der Waals surface area contributed by atoms with E-state index in [9.17, 15) is 19.5 Å². The van der Waals surface area contributed by atoms with Crippen molar-refractivity contribution in [3.8, 4) is 5.75 Å². The first-order valence-electron chi connectivity index (χ1n) is 8.99. The minimum absolute atomic E-state index is 0.0163. The van der Waals surface area contributed by atoms with Crippen molar-refractivity contribution in [3.63, 3.8) is 0 Å². The van der Waals surface area contributed by atoms with Gasteiger partial charge < -0.3 is 19.9 Å². The molecule has 152 valence electrons. The first-order chi connectivity index (χ1) is 13.8. The third kappa shape index (κ3) is 4.35. The van der Waals surface area contributed by atoms with Gasteiger partial charge in [-0.15, -0.1) is 0 Å². The molecule has 7 nitrogen and oxygen atoms in total. The van der Waals surface area contributed by atoms with Gasteiger partial charge in [0.15, 0.2) is 0 Å². The number of benzene rings is 2. The van der Waals surface area contributed by atoms with Crippen LogP contribution < -0.4 is 10.1 Å². The van der Waals surface area contributed by atoms with Crippen LogP contribution in [0.3, 0.4) is 0 Å². The number of fused-ring (bicyclic) bond motifs is 1. The van der Waals surface area contributed by atoms with Crippen LogP contribution in [0.1, 0.15) is 38.8 Å². The molecular weight excluding hydrogens is 398 g/mol. The highest BCUT2D eigenvalue weighted by molar-refractivity contribution is 6.32. The monoisotopic (exact) mass is 417 g/mol. The van der Waals surface area contributed by atoms with Crippen molar-refractivity contribution in [3.05, 3.63) is 63.7 Å². The topological polar surface area (TPSA) is 102 Å². The first kappa shape index (κ1) is 20.7. The number of esters is 1. The fourth-order valence-corrected chi connectivity index (χ4v) is 3.60. The van der Waals surface area contributed by atoms with Gasteiger partial charge in [0.05, 0.1) is 12.7 Å². The Labute approximate surface area is 172 Å². The number of methoxy groups -OCH3 is 1. The van der Waals surface area contributed by atoms with Gasteiger partial charge in [-0.05, 0) is 24.1 Å². The zero-order valence-corrected chi connectivity index (χ0v) is 16.7. The number of carbonyl (C=O) groups excluding carboxylic acids is 2. The molecule has 0 spiro atoms. The molecule has 0 saturated heterocycles. The lowest BCUT2D eigenvalue weighted by Crippen LogP contribution is -2.42. The van der Waals surface area contributed by atoms with E-state index in [4.69, 9.17) is 21.1 Å². The number of halogens is 1. The van der Waals surface area contributed by atoms with E-state index in [1.807, 2.05) is 6.07 Å². The summed E-state index contributed by atoms with van der Waals surface area (Å²) < 4.78 is 10.6. The van der Waals surface area contributed by atoms with Crippen LogP contribution in [0, 0.1) is 0 Å². The smallest absolute Gasteiger partial charge is 0.342 e. The molecule has 1 unspecified atom stereocenters. The predicted molar refractivity (Wildman–Crippen MR) is 106 cm³/mol. The Bertz CT molecular complexity index is 959. The van der Waals surface area contributed by atoms with Crippen LogP contribution in [-0.4, -0.2) is 42.2 Å². The lowest BCUT2D eigenvalue weighted by Gasteiger charge is -2.25. The Balaban J connectivity index is 1.94. The van der Waals surface area contributed by atoms with Crippen LogP contribution in [-0.2, 0) is 22.4 Å². The normalized spacial score (nSPS) is 16.4. The second kappa shape index (κ2) is 8.53. The second-order valence-electron chi connectivity index (χ2n) is 6.77. The number of cyclic esters (lactones) is 1. The standard InChI is InChI=1S/C21H20ClNO6/c1-11-8-13-15(22)10-14(18(28-2)17(13)21(27)29-11)19(24)23-16(20(25)26)9-12-6-4-3-5-7-12/h3-7,10-11,16H,8-9H2,1-2H3,(H,23,24)(H,25,26)/t11-,16?/m1/s1. The van der Waals surface area contributed by atoms with Crippen molar-refractivity contribution < 1.29 is 29.0 Å². The molecule has 1 heterocycles. The maximum absolute atomic E-state index is 12.9. The minimum Gasteiger partial charge on any atom is -0.495 e. The molecule has 2 aromatic rings. The fourth-order valence-electron chi connectivity index (χ4n) is 3.32. The summed E-state index contributed by atoms with van der Waals surface area (Å²) in [6.45, 7) is 1.74. The second-order valence-corrected chi connectivity index (χ2v) is 7.17. The van der Waals surface area contributed by atoms with Gasteiger partial charge in [0.25, 0.3) is 5.91 Å². The Kier molecular flexibility index (Phi) is 6.08. The number of hydrogen-bond acceptors (Lipinski definition) is 5. The van der Waals surface area contributed by atoms with Crippen molar-refractivity contribution in [2.75, 3.05) is 7.11 Å². The van der Waals surface area contributed by atoms with Crippen LogP contribution in [0.4, 0.5) is 0 Å². The Morgan fingerprint density at radius 3 is 2.66 bits per heavy atom. The fraction of sp³-hybridized carbons (Fsp3) is 0.286. The summed E-state index contributed by atoms with van der Waals surface area (Å²) in [5.41, 5.74) is 1.37. The number of carbonyl (C=O) groups is 3. The lowest BCUT2D eigenvalue weighted by molar-refractivity contribution is -0.139. The van der Waals surface area contributed by atoms with Crippen LogP contribution in [0.2, 0.25) is 5.02 Å². The van der Waals surface area contributed by atoms with E-state index < -0.39 is 23.9 Å². The van der Waals surface area contributed by atoms with E-state index in [-0.39, 0.29) is 34.4 Å². The van der Waals surface area contributed by atoms with Gasteiger partial charge >= 0.3 is 11.9 Å². The molecule has 0 saturated carbocycles. The van der Waals surface area contributed by atoms with Gasteiger partial charge in [-0.1, -0.05) is 41.9 Å². The van der Waals surface area contributed by atoms with Gasteiger partial charge in [0.2, 0.25) is 0 Å². The summed E-state index contributed by atoms with van der Waals surface area (Å²) in [7, 11) is 1.32. The zero-order chi connectivity index (χ0) is 21.1. The van der Waals surface area contributed by atoms with E-state index in [1.165, 1.54) is 13.2 Å². The van der Waals surface area contributed by atoms with Gasteiger partial charge in [-0.2, -0.15) is 0 Å². The van der Waals surface area contributed by atoms with Crippen molar-refractivity contribution in [1.29, 1.82) is 0 Å². The Morgan fingerprint density at radius 2 is 2.03 bits per heavy atom. The third-order valence-electron chi connectivity index (χ3n) is 4.67. The average Bonchev–Trinajstić information content (AvgIpc) is 2.68. The summed E-state index contributed by atoms with van der Waals surface area (Å²) in [4.78, 5) is 36.9. The summed E-state index contributed by atoms with van der Waals surface area (Å²) in [5.74, 6) is -2.51. The van der Waals surface area contributed by atoms with Crippen molar-refractivity contribution in [2.24, 2.45) is 0 Å². The highest BCUT2D eigenvalue weighted by Gasteiger charge is 2.33. The number of carboxylic acids is 1. The Hall–Kier alpha value is -3.06. The van der Waals surface area contributed by atoms with Crippen LogP contribution in [0.15, 0.2) is 36.4 Å². The van der Waals surface area contributed by atoms with E-state index in [1.54, 1.807) is 31.2 Å². The maximum atomic E-state index is 12.9. The molecule has 3 rings (SSSR count). The number of hydrogen-bond donors (Lipinski definition) is 2. The first-order valence-corrected chi connectivity index (χ1v) is 9.37. The number of ether oxygens (including phenoxy) is 2. The van der Waals surface area contributed by atoms with E-state index in [0.717, 1.165) is 5.56 Å². The molecule has 29 heavy (non-hydrogen) atoms. The predicted octanol–water partition coefficient (Wildman–Crippen LogP) is 2.88. The summed E-state index contributed by atoms with van der Waals surface area (Å²) in [6.07, 6.45) is 0.144. The molecule has 8 heteroatoms. The maximum Gasteiger partial charge on any atom is 0.342 e. The lowest BCUT2D eigenvalue weighted by atomic mass is 9.95. The number of amides is 1. The van der Waals surface area contributed by atoms with Crippen LogP contribution >= 0.6 is 11.6 Å². The molecule has 1 aliphatic rings. The number of aliphatic carboxylic acids is 1. The molecule has 2 aromatic carbocycles. The molecule has 1 amide bonds. The number of rotatable bonds is 6. The molecule has 0 bridgehead atoms. The molecule has 1 aliphatic heterocycles. The molecule has 2 N–H and O–H groups in total. The van der Waals surface area contributed by atoms with Gasteiger partial charge in [-0.25, -0.2) is 9.59 Å². The van der Waals surface area contributed by atoms with Crippen molar-refractivity contribution in [2.45, 2.75) is 31.9 Å². The molecule has 0 fully saturated rings. The molecular formula is C21H20ClNO6.